The minimum Gasteiger partial charge on any atom is -0.460 e. The number of benzene rings is 1. The highest BCUT2D eigenvalue weighted by atomic mass is 35.5. The molecule has 4 nitrogen and oxygen atoms in total. The van der Waals surface area contributed by atoms with Gasteiger partial charge >= 0.3 is 0 Å². The van der Waals surface area contributed by atoms with E-state index in [0.29, 0.717) is 11.8 Å². The van der Waals surface area contributed by atoms with Crippen molar-refractivity contribution in [2.24, 2.45) is 17.6 Å². The van der Waals surface area contributed by atoms with Gasteiger partial charge in [0.15, 0.2) is 0 Å². The molecule has 2 aliphatic rings. The van der Waals surface area contributed by atoms with Gasteiger partial charge in [-0.15, -0.1) is 12.4 Å². The Bertz CT molecular complexity index is 681. The van der Waals surface area contributed by atoms with E-state index in [1.165, 1.54) is 0 Å². The lowest BCUT2D eigenvalue weighted by molar-refractivity contribution is -0.132. The molecule has 5 heteroatoms. The average molecular weight is 335 g/mol. The highest BCUT2D eigenvalue weighted by Crippen LogP contribution is 2.38. The van der Waals surface area contributed by atoms with Crippen molar-refractivity contribution >= 4 is 29.3 Å². The van der Waals surface area contributed by atoms with Crippen molar-refractivity contribution in [1.82, 2.24) is 4.90 Å². The first kappa shape index (κ1) is 16.3. The number of likely N-dealkylation sites (tertiary alicyclic amines) is 1. The number of rotatable bonds is 2. The van der Waals surface area contributed by atoms with Crippen molar-refractivity contribution in [3.05, 3.63) is 36.1 Å². The zero-order valence-electron chi connectivity index (χ0n) is 13.3. The van der Waals surface area contributed by atoms with Crippen LogP contribution in [0, 0.1) is 11.8 Å². The number of halogens is 1. The van der Waals surface area contributed by atoms with Gasteiger partial charge < -0.3 is 15.1 Å². The average Bonchev–Trinajstić information content (AvgIpc) is 3.21. The van der Waals surface area contributed by atoms with E-state index in [9.17, 15) is 4.79 Å². The van der Waals surface area contributed by atoms with Crippen molar-refractivity contribution in [2.45, 2.75) is 31.7 Å². The third kappa shape index (κ3) is 2.74. The quantitative estimate of drug-likeness (QED) is 0.917. The first-order valence-corrected chi connectivity index (χ1v) is 8.16. The number of para-hydroxylation sites is 1. The molecule has 4 unspecified atom stereocenters. The van der Waals surface area contributed by atoms with E-state index in [-0.39, 0.29) is 30.3 Å². The number of nitrogens with two attached hydrogens (primary N) is 1. The van der Waals surface area contributed by atoms with Crippen LogP contribution in [0.5, 0.6) is 0 Å². The number of amides is 1. The van der Waals surface area contributed by atoms with Crippen molar-refractivity contribution in [1.29, 1.82) is 0 Å². The highest BCUT2D eigenvalue weighted by Gasteiger charge is 2.43. The zero-order valence-corrected chi connectivity index (χ0v) is 14.1. The van der Waals surface area contributed by atoms with Crippen LogP contribution in [0.4, 0.5) is 0 Å². The van der Waals surface area contributed by atoms with Gasteiger partial charge in [-0.05, 0) is 43.7 Å². The summed E-state index contributed by atoms with van der Waals surface area (Å²) in [5.74, 6) is 1.78. The van der Waals surface area contributed by atoms with Gasteiger partial charge in [-0.25, -0.2) is 0 Å². The molecule has 2 N–H and O–H groups in total. The molecular weight excluding hydrogens is 312 g/mol. The van der Waals surface area contributed by atoms with E-state index in [1.54, 1.807) is 0 Å². The number of nitrogens with zero attached hydrogens (tertiary/aromatic N) is 1. The highest BCUT2D eigenvalue weighted by molar-refractivity contribution is 5.86. The van der Waals surface area contributed by atoms with Crippen molar-refractivity contribution in [2.75, 3.05) is 13.1 Å². The fourth-order valence-corrected chi connectivity index (χ4v) is 4.10. The second-order valence-corrected chi connectivity index (χ2v) is 6.82. The summed E-state index contributed by atoms with van der Waals surface area (Å²) < 4.78 is 5.85. The molecular formula is C18H23ClN2O2. The SMILES string of the molecule is CC(C(=O)N1CC2CCC(N)C2C1)c1cc2ccccc2o1.Cl. The summed E-state index contributed by atoms with van der Waals surface area (Å²) >= 11 is 0. The number of carbonyl (C=O) groups is 1. The molecule has 4 atom stereocenters. The summed E-state index contributed by atoms with van der Waals surface area (Å²) in [5, 5.41) is 1.05. The summed E-state index contributed by atoms with van der Waals surface area (Å²) in [6, 6.07) is 10.1. The van der Waals surface area contributed by atoms with Gasteiger partial charge in [0.25, 0.3) is 0 Å². The predicted molar refractivity (Wildman–Crippen MR) is 92.6 cm³/mol. The van der Waals surface area contributed by atoms with Gasteiger partial charge in [-0.1, -0.05) is 18.2 Å². The van der Waals surface area contributed by atoms with Crippen LogP contribution in [0.25, 0.3) is 11.0 Å². The molecule has 1 aromatic carbocycles. The van der Waals surface area contributed by atoms with Crippen molar-refractivity contribution in [3.63, 3.8) is 0 Å². The van der Waals surface area contributed by atoms with E-state index < -0.39 is 0 Å². The maximum atomic E-state index is 12.8. The molecule has 0 bridgehead atoms. The summed E-state index contributed by atoms with van der Waals surface area (Å²) in [5.41, 5.74) is 7.01. The minimum atomic E-state index is -0.234. The Morgan fingerprint density at radius 2 is 2.09 bits per heavy atom. The molecule has 23 heavy (non-hydrogen) atoms. The third-order valence-corrected chi connectivity index (χ3v) is 5.47. The van der Waals surface area contributed by atoms with Crippen LogP contribution in [0.3, 0.4) is 0 Å². The van der Waals surface area contributed by atoms with Crippen LogP contribution in [0.15, 0.2) is 34.7 Å². The number of hydrogen-bond donors (Lipinski definition) is 1. The van der Waals surface area contributed by atoms with E-state index in [1.807, 2.05) is 42.2 Å². The van der Waals surface area contributed by atoms with Gasteiger partial charge in [-0.2, -0.15) is 0 Å². The van der Waals surface area contributed by atoms with Gasteiger partial charge in [-0.3, -0.25) is 4.79 Å². The van der Waals surface area contributed by atoms with Gasteiger partial charge in [0.1, 0.15) is 11.3 Å². The van der Waals surface area contributed by atoms with Crippen LogP contribution in [-0.4, -0.2) is 29.9 Å². The normalized spacial score (nSPS) is 27.7. The minimum absolute atomic E-state index is 0. The van der Waals surface area contributed by atoms with Gasteiger partial charge in [0, 0.05) is 24.5 Å². The predicted octanol–water partition coefficient (Wildman–Crippen LogP) is 3.15. The van der Waals surface area contributed by atoms with Crippen LogP contribution in [0.1, 0.15) is 31.4 Å². The lowest BCUT2D eigenvalue weighted by Crippen LogP contribution is -2.35. The second kappa shape index (κ2) is 6.17. The largest absolute Gasteiger partial charge is 0.460 e. The maximum absolute atomic E-state index is 12.8. The molecule has 4 rings (SSSR count). The number of hydrogen-bond acceptors (Lipinski definition) is 3. The summed E-state index contributed by atoms with van der Waals surface area (Å²) in [4.78, 5) is 14.8. The molecule has 2 heterocycles. The first-order chi connectivity index (χ1) is 10.6. The van der Waals surface area contributed by atoms with Crippen LogP contribution in [-0.2, 0) is 4.79 Å². The zero-order chi connectivity index (χ0) is 15.3. The standard InChI is InChI=1S/C18H22N2O2.ClH/c1-11(17-8-12-4-2-3-5-16(12)22-17)18(21)20-9-13-6-7-15(19)14(13)10-20;/h2-5,8,11,13-15H,6-7,9-10,19H2,1H3;1H. The number of carbonyl (C=O) groups excluding carboxylic acids is 1. The molecule has 2 fully saturated rings. The number of furan rings is 1. The molecule has 1 saturated heterocycles. The summed E-state index contributed by atoms with van der Waals surface area (Å²) in [6.45, 7) is 3.62. The van der Waals surface area contributed by atoms with Gasteiger partial charge in [0.2, 0.25) is 5.91 Å². The van der Waals surface area contributed by atoms with Crippen LogP contribution < -0.4 is 5.73 Å². The Labute approximate surface area is 142 Å². The topological polar surface area (TPSA) is 59.5 Å². The molecule has 2 aromatic rings. The molecule has 1 aromatic heterocycles. The Balaban J connectivity index is 0.00000156. The van der Waals surface area contributed by atoms with Gasteiger partial charge in [0.05, 0.1) is 5.92 Å². The third-order valence-electron chi connectivity index (χ3n) is 5.47. The Morgan fingerprint density at radius 3 is 2.83 bits per heavy atom. The maximum Gasteiger partial charge on any atom is 0.233 e. The van der Waals surface area contributed by atoms with Crippen LogP contribution >= 0.6 is 12.4 Å². The van der Waals surface area contributed by atoms with E-state index in [0.717, 1.165) is 42.7 Å². The molecule has 1 amide bonds. The smallest absolute Gasteiger partial charge is 0.233 e. The monoisotopic (exact) mass is 334 g/mol. The van der Waals surface area contributed by atoms with Crippen LogP contribution in [0.2, 0.25) is 0 Å². The van der Waals surface area contributed by atoms with Crippen molar-refractivity contribution < 1.29 is 9.21 Å². The first-order valence-electron chi connectivity index (χ1n) is 8.16. The van der Waals surface area contributed by atoms with E-state index in [2.05, 4.69) is 0 Å². The lowest BCUT2D eigenvalue weighted by atomic mass is 9.98. The molecule has 1 aliphatic carbocycles. The van der Waals surface area contributed by atoms with Crippen molar-refractivity contribution in [3.8, 4) is 0 Å². The second-order valence-electron chi connectivity index (χ2n) is 6.82. The Hall–Kier alpha value is -1.52. The molecule has 0 spiro atoms. The van der Waals surface area contributed by atoms with E-state index >= 15 is 0 Å². The van der Waals surface area contributed by atoms with E-state index in [4.69, 9.17) is 10.2 Å². The summed E-state index contributed by atoms with van der Waals surface area (Å²) in [7, 11) is 0. The summed E-state index contributed by atoms with van der Waals surface area (Å²) in [6.07, 6.45) is 2.27. The lowest BCUT2D eigenvalue weighted by Gasteiger charge is -2.21. The Morgan fingerprint density at radius 1 is 1.30 bits per heavy atom. The molecule has 124 valence electrons. The molecule has 1 saturated carbocycles. The molecule has 0 radical (unpaired) electrons. The fraction of sp³-hybridized carbons (Fsp3) is 0.500. The fourth-order valence-electron chi connectivity index (χ4n) is 4.10. The number of fused-ring (bicyclic) bond motifs is 2. The Kier molecular flexibility index (Phi) is 4.39. The molecule has 1 aliphatic heterocycles.